The number of rotatable bonds is 5. The van der Waals surface area contributed by atoms with E-state index in [2.05, 4.69) is 5.32 Å². The standard InChI is InChI=1S/C17H16N2O5/c1-22-12-8-7-10-13(14(12)23-2)17(21)24-16(10)19-11-6-4-3-5-9(11)15(18)20/h3-8,16,19H,1-2H3,(H2,18,20). The van der Waals surface area contributed by atoms with Gasteiger partial charge in [-0.15, -0.1) is 0 Å². The molecule has 1 aliphatic rings. The summed E-state index contributed by atoms with van der Waals surface area (Å²) < 4.78 is 15.9. The fraction of sp³-hybridized carbons (Fsp3) is 0.176. The van der Waals surface area contributed by atoms with E-state index in [0.717, 1.165) is 0 Å². The van der Waals surface area contributed by atoms with E-state index in [1.807, 2.05) is 0 Å². The Bertz CT molecular complexity index is 819. The zero-order valence-electron chi connectivity index (χ0n) is 13.2. The van der Waals surface area contributed by atoms with Crippen molar-refractivity contribution in [3.05, 3.63) is 53.1 Å². The van der Waals surface area contributed by atoms with Gasteiger partial charge in [-0.3, -0.25) is 4.79 Å². The number of amides is 1. The van der Waals surface area contributed by atoms with Crippen molar-refractivity contribution in [2.45, 2.75) is 6.23 Å². The largest absolute Gasteiger partial charge is 0.493 e. The topological polar surface area (TPSA) is 99.9 Å². The summed E-state index contributed by atoms with van der Waals surface area (Å²) in [5.41, 5.74) is 7.05. The molecule has 0 radical (unpaired) electrons. The van der Waals surface area contributed by atoms with Gasteiger partial charge in [0.25, 0.3) is 5.91 Å². The second-order valence-electron chi connectivity index (χ2n) is 5.10. The first kappa shape index (κ1) is 15.7. The fourth-order valence-corrected chi connectivity index (χ4v) is 2.67. The van der Waals surface area contributed by atoms with Gasteiger partial charge in [-0.05, 0) is 24.3 Å². The number of para-hydroxylation sites is 1. The van der Waals surface area contributed by atoms with Crippen molar-refractivity contribution < 1.29 is 23.8 Å². The van der Waals surface area contributed by atoms with E-state index < -0.39 is 18.1 Å². The van der Waals surface area contributed by atoms with Gasteiger partial charge in [0, 0.05) is 11.3 Å². The van der Waals surface area contributed by atoms with Crippen LogP contribution in [-0.4, -0.2) is 26.1 Å². The quantitative estimate of drug-likeness (QED) is 0.815. The molecule has 7 heteroatoms. The van der Waals surface area contributed by atoms with Crippen molar-refractivity contribution in [2.75, 3.05) is 19.5 Å². The first-order valence-corrected chi connectivity index (χ1v) is 7.18. The normalized spacial score (nSPS) is 15.4. The van der Waals surface area contributed by atoms with Gasteiger partial charge >= 0.3 is 5.97 Å². The molecule has 0 fully saturated rings. The highest BCUT2D eigenvalue weighted by atomic mass is 16.6. The Morgan fingerprint density at radius 1 is 1.17 bits per heavy atom. The number of benzene rings is 2. The number of carbonyl (C=O) groups is 2. The van der Waals surface area contributed by atoms with Gasteiger partial charge < -0.3 is 25.3 Å². The third-order valence-electron chi connectivity index (χ3n) is 3.77. The van der Waals surface area contributed by atoms with E-state index in [9.17, 15) is 9.59 Å². The predicted molar refractivity (Wildman–Crippen MR) is 86.3 cm³/mol. The highest BCUT2D eigenvalue weighted by Gasteiger charge is 2.36. The summed E-state index contributed by atoms with van der Waals surface area (Å²) in [6.07, 6.45) is -0.757. The van der Waals surface area contributed by atoms with Crippen LogP contribution in [-0.2, 0) is 4.74 Å². The third kappa shape index (κ3) is 2.50. The number of esters is 1. The molecule has 3 N–H and O–H groups in total. The van der Waals surface area contributed by atoms with Crippen molar-refractivity contribution in [3.8, 4) is 11.5 Å². The molecule has 0 aliphatic carbocycles. The number of anilines is 1. The predicted octanol–water partition coefficient (Wildman–Crippen LogP) is 2.08. The fourth-order valence-electron chi connectivity index (χ4n) is 2.67. The van der Waals surface area contributed by atoms with E-state index in [4.69, 9.17) is 19.9 Å². The first-order chi connectivity index (χ1) is 11.6. The van der Waals surface area contributed by atoms with E-state index in [0.29, 0.717) is 33.9 Å². The number of nitrogens with two attached hydrogens (primary N) is 1. The molecule has 0 bridgehead atoms. The number of ether oxygens (including phenoxy) is 3. The second-order valence-corrected chi connectivity index (χ2v) is 5.10. The Morgan fingerprint density at radius 2 is 1.92 bits per heavy atom. The molecule has 1 unspecified atom stereocenters. The van der Waals surface area contributed by atoms with Gasteiger partial charge in [-0.1, -0.05) is 12.1 Å². The Labute approximate surface area is 138 Å². The lowest BCUT2D eigenvalue weighted by molar-refractivity contribution is 0.0435. The molecule has 0 saturated heterocycles. The molecule has 0 aromatic heterocycles. The highest BCUT2D eigenvalue weighted by Crippen LogP contribution is 2.42. The van der Waals surface area contributed by atoms with Crippen LogP contribution in [0.5, 0.6) is 11.5 Å². The molecule has 24 heavy (non-hydrogen) atoms. The Hall–Kier alpha value is -3.22. The second kappa shape index (κ2) is 6.11. The Balaban J connectivity index is 2.01. The molecule has 7 nitrogen and oxygen atoms in total. The molecule has 3 rings (SSSR count). The van der Waals surface area contributed by atoms with Gasteiger partial charge in [0.15, 0.2) is 11.5 Å². The number of cyclic esters (lactones) is 1. The van der Waals surface area contributed by atoms with Crippen LogP contribution in [0.25, 0.3) is 0 Å². The summed E-state index contributed by atoms with van der Waals surface area (Å²) in [6.45, 7) is 0. The summed E-state index contributed by atoms with van der Waals surface area (Å²) in [5.74, 6) is -0.358. The SMILES string of the molecule is COc1ccc2c(c1OC)C(=O)OC2Nc1ccccc1C(N)=O. The number of hydrogen-bond acceptors (Lipinski definition) is 6. The maximum atomic E-state index is 12.2. The number of nitrogens with one attached hydrogen (secondary N) is 1. The summed E-state index contributed by atoms with van der Waals surface area (Å²) in [4.78, 5) is 23.8. The van der Waals surface area contributed by atoms with Crippen LogP contribution in [0.1, 0.15) is 32.5 Å². The summed E-state index contributed by atoms with van der Waals surface area (Å²) >= 11 is 0. The van der Waals surface area contributed by atoms with Crippen LogP contribution in [0.15, 0.2) is 36.4 Å². The number of hydrogen-bond donors (Lipinski definition) is 2. The summed E-state index contributed by atoms with van der Waals surface area (Å²) in [5, 5.41) is 3.03. The lowest BCUT2D eigenvalue weighted by Gasteiger charge is -2.16. The summed E-state index contributed by atoms with van der Waals surface area (Å²) in [6, 6.07) is 10.1. The molecule has 2 aromatic carbocycles. The van der Waals surface area contributed by atoms with Gasteiger partial charge in [-0.25, -0.2) is 4.79 Å². The molecule has 1 atom stereocenters. The van der Waals surface area contributed by atoms with Crippen molar-refractivity contribution in [1.29, 1.82) is 0 Å². The zero-order chi connectivity index (χ0) is 17.3. The minimum absolute atomic E-state index is 0.297. The van der Waals surface area contributed by atoms with Crippen molar-refractivity contribution >= 4 is 17.6 Å². The van der Waals surface area contributed by atoms with Crippen LogP contribution in [0.2, 0.25) is 0 Å². The Kier molecular flexibility index (Phi) is 3.99. The molecular formula is C17H16N2O5. The number of primary amides is 1. The molecule has 1 aliphatic heterocycles. The first-order valence-electron chi connectivity index (χ1n) is 7.18. The Morgan fingerprint density at radius 3 is 2.58 bits per heavy atom. The zero-order valence-corrected chi connectivity index (χ0v) is 13.2. The monoisotopic (exact) mass is 328 g/mol. The average Bonchev–Trinajstić information content (AvgIpc) is 2.90. The lowest BCUT2D eigenvalue weighted by atomic mass is 10.1. The van der Waals surface area contributed by atoms with Gasteiger partial charge in [0.05, 0.1) is 19.8 Å². The minimum atomic E-state index is -0.757. The van der Waals surface area contributed by atoms with Crippen LogP contribution >= 0.6 is 0 Å². The van der Waals surface area contributed by atoms with E-state index in [-0.39, 0.29) is 0 Å². The third-order valence-corrected chi connectivity index (χ3v) is 3.77. The summed E-state index contributed by atoms with van der Waals surface area (Å²) in [7, 11) is 2.94. The van der Waals surface area contributed by atoms with E-state index in [1.54, 1.807) is 36.4 Å². The lowest BCUT2D eigenvalue weighted by Crippen LogP contribution is -2.17. The molecule has 0 spiro atoms. The van der Waals surface area contributed by atoms with Crippen LogP contribution in [0.4, 0.5) is 5.69 Å². The minimum Gasteiger partial charge on any atom is -0.493 e. The van der Waals surface area contributed by atoms with Crippen molar-refractivity contribution in [2.24, 2.45) is 5.73 Å². The number of fused-ring (bicyclic) bond motifs is 1. The van der Waals surface area contributed by atoms with E-state index >= 15 is 0 Å². The maximum Gasteiger partial charge on any atom is 0.344 e. The smallest absolute Gasteiger partial charge is 0.344 e. The number of methoxy groups -OCH3 is 2. The van der Waals surface area contributed by atoms with Crippen molar-refractivity contribution in [1.82, 2.24) is 0 Å². The van der Waals surface area contributed by atoms with E-state index in [1.165, 1.54) is 14.2 Å². The average molecular weight is 328 g/mol. The van der Waals surface area contributed by atoms with Crippen LogP contribution in [0.3, 0.4) is 0 Å². The highest BCUT2D eigenvalue weighted by molar-refractivity contribution is 6.00. The molecule has 124 valence electrons. The molecule has 1 amide bonds. The molecule has 0 saturated carbocycles. The number of carbonyl (C=O) groups excluding carboxylic acids is 2. The van der Waals surface area contributed by atoms with Crippen LogP contribution < -0.4 is 20.5 Å². The van der Waals surface area contributed by atoms with Gasteiger partial charge in [-0.2, -0.15) is 0 Å². The molecule has 1 heterocycles. The maximum absolute atomic E-state index is 12.2. The molecular weight excluding hydrogens is 312 g/mol. The van der Waals surface area contributed by atoms with Gasteiger partial charge in [0.2, 0.25) is 6.23 Å². The van der Waals surface area contributed by atoms with Gasteiger partial charge in [0.1, 0.15) is 5.56 Å². The van der Waals surface area contributed by atoms with Crippen LogP contribution in [0, 0.1) is 0 Å². The van der Waals surface area contributed by atoms with Crippen molar-refractivity contribution in [3.63, 3.8) is 0 Å². The molecule has 2 aromatic rings.